The van der Waals surface area contributed by atoms with Crippen molar-refractivity contribution >= 4 is 17.3 Å². The normalized spacial score (nSPS) is 16.6. The first kappa shape index (κ1) is 12.3. The number of aromatic carboxylic acids is 1. The van der Waals surface area contributed by atoms with E-state index in [0.717, 1.165) is 17.7 Å². The number of aromatic nitrogens is 3. The number of carboxylic acid groups (broad SMARTS) is 1. The van der Waals surface area contributed by atoms with Gasteiger partial charge in [0, 0.05) is 13.2 Å². The summed E-state index contributed by atoms with van der Waals surface area (Å²) in [4.78, 5) is 12.2. The van der Waals surface area contributed by atoms with E-state index in [4.69, 9.17) is 4.74 Å². The zero-order chi connectivity index (χ0) is 13.2. The zero-order valence-corrected chi connectivity index (χ0v) is 11.0. The summed E-state index contributed by atoms with van der Waals surface area (Å²) in [7, 11) is 0. The third-order valence-electron chi connectivity index (χ3n) is 3.19. The van der Waals surface area contributed by atoms with Crippen LogP contribution in [-0.4, -0.2) is 39.3 Å². The minimum Gasteiger partial charge on any atom is -0.476 e. The van der Waals surface area contributed by atoms with Crippen LogP contribution in [0.4, 0.5) is 0 Å². The molecule has 3 heterocycles. The van der Waals surface area contributed by atoms with Gasteiger partial charge in [0.15, 0.2) is 5.69 Å². The van der Waals surface area contributed by atoms with E-state index in [1.807, 2.05) is 17.5 Å². The van der Waals surface area contributed by atoms with Gasteiger partial charge in [-0.1, -0.05) is 11.3 Å². The maximum atomic E-state index is 11.3. The van der Waals surface area contributed by atoms with Crippen LogP contribution in [0.2, 0.25) is 0 Å². The predicted molar refractivity (Wildman–Crippen MR) is 69.4 cm³/mol. The average Bonchev–Trinajstić information content (AvgIpc) is 3.08. The van der Waals surface area contributed by atoms with Gasteiger partial charge in [0.2, 0.25) is 0 Å². The molecule has 1 saturated heterocycles. The minimum atomic E-state index is -1.04. The molecule has 0 bridgehead atoms. The first-order chi connectivity index (χ1) is 9.27. The smallest absolute Gasteiger partial charge is 0.358 e. The van der Waals surface area contributed by atoms with Crippen LogP contribution in [0.25, 0.3) is 10.6 Å². The van der Waals surface area contributed by atoms with Crippen molar-refractivity contribution in [3.05, 3.63) is 23.2 Å². The summed E-state index contributed by atoms with van der Waals surface area (Å²) in [6.45, 7) is 1.35. The molecule has 0 aromatic carbocycles. The summed E-state index contributed by atoms with van der Waals surface area (Å²) in [6.07, 6.45) is 1.67. The molecule has 0 aliphatic carbocycles. The Kier molecular flexibility index (Phi) is 3.31. The fraction of sp³-hybridized carbons (Fsp3) is 0.417. The summed E-state index contributed by atoms with van der Waals surface area (Å²) in [5, 5.41) is 19.0. The second kappa shape index (κ2) is 5.10. The minimum absolute atomic E-state index is 0.0222. The lowest BCUT2D eigenvalue weighted by Gasteiger charge is -2.23. The van der Waals surface area contributed by atoms with Gasteiger partial charge in [-0.25, -0.2) is 9.48 Å². The molecule has 0 spiro atoms. The molecule has 2 aromatic rings. The first-order valence-corrected chi connectivity index (χ1v) is 6.95. The number of nitrogens with zero attached hydrogens (tertiary/aromatic N) is 3. The van der Waals surface area contributed by atoms with Crippen LogP contribution in [0, 0.1) is 0 Å². The van der Waals surface area contributed by atoms with Gasteiger partial charge in [-0.2, -0.15) is 0 Å². The Labute approximate surface area is 113 Å². The third kappa shape index (κ3) is 2.26. The fourth-order valence-corrected chi connectivity index (χ4v) is 3.03. The molecule has 1 fully saturated rings. The number of carbonyl (C=O) groups is 1. The largest absolute Gasteiger partial charge is 0.476 e. The second-order valence-electron chi connectivity index (χ2n) is 4.36. The molecule has 6 nitrogen and oxygen atoms in total. The first-order valence-electron chi connectivity index (χ1n) is 6.07. The van der Waals surface area contributed by atoms with Gasteiger partial charge in [-0.3, -0.25) is 0 Å². The quantitative estimate of drug-likeness (QED) is 0.930. The van der Waals surface area contributed by atoms with Crippen LogP contribution >= 0.6 is 11.3 Å². The molecule has 2 aromatic heterocycles. The van der Waals surface area contributed by atoms with Crippen molar-refractivity contribution in [1.29, 1.82) is 0 Å². The van der Waals surface area contributed by atoms with Crippen LogP contribution < -0.4 is 0 Å². The number of hydrogen-bond donors (Lipinski definition) is 1. The lowest BCUT2D eigenvalue weighted by atomic mass is 10.1. The summed E-state index contributed by atoms with van der Waals surface area (Å²) in [5.41, 5.74) is 0.628. The van der Waals surface area contributed by atoms with E-state index in [-0.39, 0.29) is 11.7 Å². The Morgan fingerprint density at radius 2 is 2.26 bits per heavy atom. The Morgan fingerprint density at radius 1 is 1.47 bits per heavy atom. The number of ether oxygens (including phenoxy) is 1. The second-order valence-corrected chi connectivity index (χ2v) is 5.30. The van der Waals surface area contributed by atoms with E-state index in [2.05, 4.69) is 10.3 Å². The van der Waals surface area contributed by atoms with Gasteiger partial charge in [0.1, 0.15) is 5.69 Å². The summed E-state index contributed by atoms with van der Waals surface area (Å²) in [5.74, 6) is -1.04. The van der Waals surface area contributed by atoms with Gasteiger partial charge in [0.25, 0.3) is 0 Å². The van der Waals surface area contributed by atoms with Gasteiger partial charge in [0.05, 0.1) is 10.9 Å². The van der Waals surface area contributed by atoms with E-state index >= 15 is 0 Å². The standard InChI is InChI=1S/C12H13N3O3S/c16-12(17)10-11(9-2-1-7-19-9)15(14-13-10)8-3-5-18-6-4-8/h1-2,7-8H,3-6H2,(H,16,17). The molecule has 0 unspecified atom stereocenters. The summed E-state index contributed by atoms with van der Waals surface area (Å²) >= 11 is 1.49. The van der Waals surface area contributed by atoms with E-state index in [1.165, 1.54) is 11.3 Å². The molecule has 0 saturated carbocycles. The van der Waals surface area contributed by atoms with Gasteiger partial charge >= 0.3 is 5.97 Å². The average molecular weight is 279 g/mol. The van der Waals surface area contributed by atoms with Crippen molar-refractivity contribution in [2.45, 2.75) is 18.9 Å². The topological polar surface area (TPSA) is 77.2 Å². The van der Waals surface area contributed by atoms with E-state index in [1.54, 1.807) is 4.68 Å². The third-order valence-corrected chi connectivity index (χ3v) is 4.06. The van der Waals surface area contributed by atoms with Crippen LogP contribution in [0.1, 0.15) is 29.4 Å². The highest BCUT2D eigenvalue weighted by Gasteiger charge is 2.26. The maximum absolute atomic E-state index is 11.3. The van der Waals surface area contributed by atoms with Crippen LogP contribution in [-0.2, 0) is 4.74 Å². The Bertz CT molecular complexity index is 573. The van der Waals surface area contributed by atoms with Crippen molar-refractivity contribution in [3.63, 3.8) is 0 Å². The molecule has 0 radical (unpaired) electrons. The molecular weight excluding hydrogens is 266 g/mol. The molecular formula is C12H13N3O3S. The molecule has 1 N–H and O–H groups in total. The number of hydrogen-bond acceptors (Lipinski definition) is 5. The van der Waals surface area contributed by atoms with E-state index < -0.39 is 5.97 Å². The van der Waals surface area contributed by atoms with Crippen molar-refractivity contribution in [2.24, 2.45) is 0 Å². The van der Waals surface area contributed by atoms with Gasteiger partial charge in [-0.05, 0) is 24.3 Å². The zero-order valence-electron chi connectivity index (χ0n) is 10.2. The maximum Gasteiger partial charge on any atom is 0.358 e. The monoisotopic (exact) mass is 279 g/mol. The highest BCUT2D eigenvalue weighted by molar-refractivity contribution is 7.13. The van der Waals surface area contributed by atoms with E-state index in [0.29, 0.717) is 18.9 Å². The lowest BCUT2D eigenvalue weighted by molar-refractivity contribution is 0.0662. The van der Waals surface area contributed by atoms with Crippen molar-refractivity contribution in [1.82, 2.24) is 15.0 Å². The predicted octanol–water partition coefficient (Wildman–Crippen LogP) is 2.06. The summed E-state index contributed by atoms with van der Waals surface area (Å²) < 4.78 is 7.08. The fourth-order valence-electron chi connectivity index (χ4n) is 2.27. The SMILES string of the molecule is O=C(O)c1nnn(C2CCOCC2)c1-c1cccs1. The molecule has 19 heavy (non-hydrogen) atoms. The lowest BCUT2D eigenvalue weighted by Crippen LogP contribution is -2.21. The molecule has 1 aliphatic rings. The van der Waals surface area contributed by atoms with Gasteiger partial charge < -0.3 is 9.84 Å². The number of rotatable bonds is 3. The number of thiophene rings is 1. The van der Waals surface area contributed by atoms with Crippen LogP contribution in [0.15, 0.2) is 17.5 Å². The molecule has 7 heteroatoms. The van der Waals surface area contributed by atoms with Crippen molar-refractivity contribution in [3.8, 4) is 10.6 Å². The van der Waals surface area contributed by atoms with Gasteiger partial charge in [-0.15, -0.1) is 16.4 Å². The van der Waals surface area contributed by atoms with Crippen molar-refractivity contribution in [2.75, 3.05) is 13.2 Å². The highest BCUT2D eigenvalue weighted by Crippen LogP contribution is 2.32. The molecule has 100 valence electrons. The number of carboxylic acids is 1. The molecule has 0 atom stereocenters. The molecule has 0 amide bonds. The summed E-state index contributed by atoms with van der Waals surface area (Å²) in [6, 6.07) is 3.95. The Balaban J connectivity index is 2.06. The van der Waals surface area contributed by atoms with Crippen molar-refractivity contribution < 1.29 is 14.6 Å². The Morgan fingerprint density at radius 3 is 2.89 bits per heavy atom. The van der Waals surface area contributed by atoms with E-state index in [9.17, 15) is 9.90 Å². The van der Waals surface area contributed by atoms with Crippen LogP contribution in [0.3, 0.4) is 0 Å². The molecule has 3 rings (SSSR count). The Hall–Kier alpha value is -1.73. The molecule has 1 aliphatic heterocycles. The highest BCUT2D eigenvalue weighted by atomic mass is 32.1. The van der Waals surface area contributed by atoms with Crippen LogP contribution in [0.5, 0.6) is 0 Å².